The summed E-state index contributed by atoms with van der Waals surface area (Å²) < 4.78 is 16.0. The summed E-state index contributed by atoms with van der Waals surface area (Å²) in [6, 6.07) is 11.5. The van der Waals surface area contributed by atoms with Crippen molar-refractivity contribution in [1.29, 1.82) is 0 Å². The number of ether oxygens (including phenoxy) is 3. The molecule has 0 saturated heterocycles. The molecule has 0 saturated carbocycles. The summed E-state index contributed by atoms with van der Waals surface area (Å²) >= 11 is 0. The lowest BCUT2D eigenvalue weighted by molar-refractivity contribution is -0.383. The standard InChI is InChI=1S/C21H19N5O6/c1-2-30-21(27)13-4-3-5-14(10-13)24-19-18(26(28)29)20(23-12-22-19)25-15-6-7-16-17(11-15)32-9-8-31-16/h3-7,10-12H,2,8-9H2,1H3,(H2,22,23,24,25). The highest BCUT2D eigenvalue weighted by Gasteiger charge is 2.24. The summed E-state index contributed by atoms with van der Waals surface area (Å²) in [6.45, 7) is 2.83. The molecule has 11 heteroatoms. The Morgan fingerprint density at radius 3 is 2.44 bits per heavy atom. The molecular formula is C21H19N5O6. The zero-order chi connectivity index (χ0) is 22.5. The Hall–Kier alpha value is -4.41. The molecule has 1 aliphatic rings. The van der Waals surface area contributed by atoms with Crippen LogP contribution < -0.4 is 20.1 Å². The lowest BCUT2D eigenvalue weighted by Crippen LogP contribution is -2.15. The van der Waals surface area contributed by atoms with E-state index in [9.17, 15) is 14.9 Å². The molecule has 1 aliphatic heterocycles. The average Bonchev–Trinajstić information content (AvgIpc) is 2.79. The predicted molar refractivity (Wildman–Crippen MR) is 115 cm³/mol. The number of fused-ring (bicyclic) bond motifs is 1. The fourth-order valence-corrected chi connectivity index (χ4v) is 3.07. The Morgan fingerprint density at radius 2 is 1.75 bits per heavy atom. The second kappa shape index (κ2) is 9.16. The number of aromatic nitrogens is 2. The second-order valence-electron chi connectivity index (χ2n) is 6.59. The third-order valence-corrected chi connectivity index (χ3v) is 4.45. The van der Waals surface area contributed by atoms with Crippen molar-refractivity contribution in [2.24, 2.45) is 0 Å². The minimum Gasteiger partial charge on any atom is -0.486 e. The van der Waals surface area contributed by atoms with E-state index >= 15 is 0 Å². The number of nitrogens with one attached hydrogen (secondary N) is 2. The summed E-state index contributed by atoms with van der Waals surface area (Å²) in [5.41, 5.74) is 0.918. The molecule has 4 rings (SSSR count). The molecule has 0 fully saturated rings. The summed E-state index contributed by atoms with van der Waals surface area (Å²) in [5, 5.41) is 17.7. The molecule has 11 nitrogen and oxygen atoms in total. The number of esters is 1. The van der Waals surface area contributed by atoms with Crippen molar-refractivity contribution in [2.75, 3.05) is 30.5 Å². The van der Waals surface area contributed by atoms with E-state index in [1.165, 1.54) is 12.4 Å². The van der Waals surface area contributed by atoms with E-state index in [2.05, 4.69) is 20.6 Å². The van der Waals surface area contributed by atoms with Gasteiger partial charge < -0.3 is 24.8 Å². The van der Waals surface area contributed by atoms with Gasteiger partial charge in [-0.2, -0.15) is 0 Å². The van der Waals surface area contributed by atoms with Crippen molar-refractivity contribution < 1.29 is 23.9 Å². The van der Waals surface area contributed by atoms with E-state index in [1.807, 2.05) is 0 Å². The van der Waals surface area contributed by atoms with Crippen molar-refractivity contribution in [3.63, 3.8) is 0 Å². The number of hydrogen-bond donors (Lipinski definition) is 2. The first-order valence-corrected chi connectivity index (χ1v) is 9.75. The lowest BCUT2D eigenvalue weighted by Gasteiger charge is -2.19. The Bertz CT molecular complexity index is 1170. The number of carbonyl (C=O) groups is 1. The topological polar surface area (TPSA) is 138 Å². The molecule has 2 N–H and O–H groups in total. The highest BCUT2D eigenvalue weighted by atomic mass is 16.6. The van der Waals surface area contributed by atoms with Crippen LogP contribution in [-0.2, 0) is 4.74 Å². The molecule has 164 valence electrons. The van der Waals surface area contributed by atoms with Crippen molar-refractivity contribution >= 4 is 34.7 Å². The zero-order valence-electron chi connectivity index (χ0n) is 17.0. The highest BCUT2D eigenvalue weighted by Crippen LogP contribution is 2.36. The molecule has 32 heavy (non-hydrogen) atoms. The molecule has 2 heterocycles. The van der Waals surface area contributed by atoms with Gasteiger partial charge in [0.1, 0.15) is 19.5 Å². The smallest absolute Gasteiger partial charge is 0.353 e. The maximum atomic E-state index is 12.0. The molecule has 0 unspecified atom stereocenters. The zero-order valence-corrected chi connectivity index (χ0v) is 17.0. The lowest BCUT2D eigenvalue weighted by atomic mass is 10.2. The maximum absolute atomic E-state index is 12.0. The van der Waals surface area contributed by atoms with Crippen LogP contribution in [0.4, 0.5) is 28.7 Å². The van der Waals surface area contributed by atoms with Gasteiger partial charge in [-0.05, 0) is 37.3 Å². The molecule has 1 aromatic heterocycles. The molecule has 2 aromatic carbocycles. The van der Waals surface area contributed by atoms with Crippen molar-refractivity contribution in [2.45, 2.75) is 6.92 Å². The largest absolute Gasteiger partial charge is 0.486 e. The fourth-order valence-electron chi connectivity index (χ4n) is 3.07. The van der Waals surface area contributed by atoms with Gasteiger partial charge in [0.15, 0.2) is 11.5 Å². The van der Waals surface area contributed by atoms with Crippen LogP contribution in [0.3, 0.4) is 0 Å². The van der Waals surface area contributed by atoms with E-state index in [0.717, 1.165) is 0 Å². The fraction of sp³-hybridized carbons (Fsp3) is 0.190. The maximum Gasteiger partial charge on any atom is 0.353 e. The van der Waals surface area contributed by atoms with Gasteiger partial charge in [-0.25, -0.2) is 14.8 Å². The number of benzene rings is 2. The van der Waals surface area contributed by atoms with Gasteiger partial charge in [-0.3, -0.25) is 10.1 Å². The number of hydrogen-bond acceptors (Lipinski definition) is 10. The Kier molecular flexibility index (Phi) is 5.97. The van der Waals surface area contributed by atoms with Gasteiger partial charge in [0, 0.05) is 17.4 Å². The highest BCUT2D eigenvalue weighted by molar-refractivity contribution is 5.91. The molecule has 0 spiro atoms. The monoisotopic (exact) mass is 437 g/mol. The van der Waals surface area contributed by atoms with Gasteiger partial charge in [0.2, 0.25) is 11.6 Å². The Labute approximate surface area is 182 Å². The number of rotatable bonds is 7. The minimum absolute atomic E-state index is 0.00859. The van der Waals surface area contributed by atoms with Crippen LogP contribution >= 0.6 is 0 Å². The first-order chi connectivity index (χ1) is 15.5. The normalized spacial score (nSPS) is 12.0. The van der Waals surface area contributed by atoms with E-state index in [4.69, 9.17) is 14.2 Å². The molecule has 0 bridgehead atoms. The average molecular weight is 437 g/mol. The second-order valence-corrected chi connectivity index (χ2v) is 6.59. The number of anilines is 4. The van der Waals surface area contributed by atoms with Crippen molar-refractivity contribution in [1.82, 2.24) is 9.97 Å². The third-order valence-electron chi connectivity index (χ3n) is 4.45. The van der Waals surface area contributed by atoms with E-state index < -0.39 is 10.9 Å². The van der Waals surface area contributed by atoms with Crippen LogP contribution in [0.25, 0.3) is 0 Å². The summed E-state index contributed by atoms with van der Waals surface area (Å²) in [6.07, 6.45) is 1.20. The van der Waals surface area contributed by atoms with Crippen LogP contribution in [0, 0.1) is 10.1 Å². The Balaban J connectivity index is 1.62. The van der Waals surface area contributed by atoms with E-state index in [1.54, 1.807) is 43.3 Å². The van der Waals surface area contributed by atoms with Crippen LogP contribution in [0.5, 0.6) is 11.5 Å². The summed E-state index contributed by atoms with van der Waals surface area (Å²) in [4.78, 5) is 31.3. The summed E-state index contributed by atoms with van der Waals surface area (Å²) in [5.74, 6) is 0.598. The number of carbonyl (C=O) groups excluding carboxylic acids is 1. The Morgan fingerprint density at radius 1 is 1.06 bits per heavy atom. The number of nitrogens with zero attached hydrogens (tertiary/aromatic N) is 3. The SMILES string of the molecule is CCOC(=O)c1cccc(Nc2ncnc(Nc3ccc4c(c3)OCCO4)c2[N+](=O)[O-])c1. The van der Waals surface area contributed by atoms with Gasteiger partial charge in [0.25, 0.3) is 0 Å². The molecule has 0 amide bonds. The molecular weight excluding hydrogens is 418 g/mol. The van der Waals surface area contributed by atoms with Crippen LogP contribution in [-0.4, -0.2) is 40.7 Å². The van der Waals surface area contributed by atoms with E-state index in [0.29, 0.717) is 41.7 Å². The molecule has 0 atom stereocenters. The molecule has 0 aliphatic carbocycles. The van der Waals surface area contributed by atoms with Crippen molar-refractivity contribution in [3.8, 4) is 11.5 Å². The quantitative estimate of drug-likeness (QED) is 0.319. The first kappa shape index (κ1) is 20.8. The van der Waals surface area contributed by atoms with Crippen molar-refractivity contribution in [3.05, 3.63) is 64.5 Å². The number of nitro groups is 1. The van der Waals surface area contributed by atoms with Gasteiger partial charge in [-0.15, -0.1) is 0 Å². The van der Waals surface area contributed by atoms with Crippen LogP contribution in [0.1, 0.15) is 17.3 Å². The van der Waals surface area contributed by atoms with Crippen LogP contribution in [0.15, 0.2) is 48.8 Å². The summed E-state index contributed by atoms with van der Waals surface area (Å²) in [7, 11) is 0. The molecule has 0 radical (unpaired) electrons. The predicted octanol–water partition coefficient (Wildman–Crippen LogP) is 3.82. The first-order valence-electron chi connectivity index (χ1n) is 9.75. The third kappa shape index (κ3) is 4.51. The molecule has 3 aromatic rings. The van der Waals surface area contributed by atoms with Gasteiger partial charge in [-0.1, -0.05) is 6.07 Å². The van der Waals surface area contributed by atoms with Gasteiger partial charge in [0.05, 0.1) is 17.1 Å². The van der Waals surface area contributed by atoms with E-state index in [-0.39, 0.29) is 23.9 Å². The van der Waals surface area contributed by atoms with Gasteiger partial charge >= 0.3 is 11.7 Å². The minimum atomic E-state index is -0.585. The van der Waals surface area contributed by atoms with Crippen LogP contribution in [0.2, 0.25) is 0 Å².